The lowest BCUT2D eigenvalue weighted by molar-refractivity contribution is 0.324. The second-order valence-corrected chi connectivity index (χ2v) is 5.77. The van der Waals surface area contributed by atoms with Crippen molar-refractivity contribution in [3.63, 3.8) is 0 Å². The Morgan fingerprint density at radius 3 is 2.50 bits per heavy atom. The molecular weight excluding hydrogens is 260 g/mol. The third kappa shape index (κ3) is 6.38. The zero-order valence-corrected chi connectivity index (χ0v) is 12.8. The Morgan fingerprint density at radius 1 is 1.22 bits per heavy atom. The average Bonchev–Trinajstić information content (AvgIpc) is 2.42. The minimum absolute atomic E-state index is 0.817. The smallest absolute Gasteiger partial charge is 0.134 e. The summed E-state index contributed by atoms with van der Waals surface area (Å²) in [7, 11) is 0. The SMILES string of the molecule is CCN(CC)CCSC(=S)NCc1ccccc1. The first kappa shape index (κ1) is 15.5. The molecule has 0 saturated carbocycles. The van der Waals surface area contributed by atoms with E-state index in [4.69, 9.17) is 12.2 Å². The molecule has 0 fully saturated rings. The number of nitrogens with one attached hydrogen (secondary N) is 1. The van der Waals surface area contributed by atoms with Gasteiger partial charge in [-0.3, -0.25) is 0 Å². The highest BCUT2D eigenvalue weighted by molar-refractivity contribution is 8.22. The monoisotopic (exact) mass is 282 g/mol. The highest BCUT2D eigenvalue weighted by Crippen LogP contribution is 2.05. The van der Waals surface area contributed by atoms with Crippen LogP contribution in [-0.4, -0.2) is 34.6 Å². The van der Waals surface area contributed by atoms with Gasteiger partial charge in [0.25, 0.3) is 0 Å². The largest absolute Gasteiger partial charge is 0.367 e. The molecule has 0 unspecified atom stereocenters. The predicted molar refractivity (Wildman–Crippen MR) is 86.1 cm³/mol. The third-order valence-electron chi connectivity index (χ3n) is 2.81. The summed E-state index contributed by atoms with van der Waals surface area (Å²) >= 11 is 7.04. The highest BCUT2D eigenvalue weighted by atomic mass is 32.2. The van der Waals surface area contributed by atoms with Crippen LogP contribution in [0.25, 0.3) is 0 Å². The maximum absolute atomic E-state index is 5.31. The molecule has 0 aromatic heterocycles. The van der Waals surface area contributed by atoms with Crippen molar-refractivity contribution in [1.29, 1.82) is 0 Å². The van der Waals surface area contributed by atoms with Gasteiger partial charge in [-0.1, -0.05) is 68.2 Å². The van der Waals surface area contributed by atoms with Crippen LogP contribution >= 0.6 is 24.0 Å². The molecule has 0 saturated heterocycles. The van der Waals surface area contributed by atoms with Gasteiger partial charge >= 0.3 is 0 Å². The van der Waals surface area contributed by atoms with Gasteiger partial charge in [0.05, 0.1) is 0 Å². The number of thiocarbonyl (C=S) groups is 1. The van der Waals surface area contributed by atoms with Gasteiger partial charge in [-0.25, -0.2) is 0 Å². The van der Waals surface area contributed by atoms with Crippen molar-refractivity contribution in [2.75, 3.05) is 25.4 Å². The summed E-state index contributed by atoms with van der Waals surface area (Å²) in [4.78, 5) is 2.41. The van der Waals surface area contributed by atoms with E-state index in [1.807, 2.05) is 18.2 Å². The van der Waals surface area contributed by atoms with E-state index >= 15 is 0 Å². The van der Waals surface area contributed by atoms with Gasteiger partial charge < -0.3 is 10.2 Å². The minimum Gasteiger partial charge on any atom is -0.367 e. The standard InChI is InChI=1S/C14H22N2S2/c1-3-16(4-2)10-11-18-14(17)15-12-13-8-6-5-7-9-13/h5-9H,3-4,10-12H2,1-2H3,(H,15,17). The molecule has 1 aromatic carbocycles. The van der Waals surface area contributed by atoms with Crippen molar-refractivity contribution >= 4 is 28.3 Å². The van der Waals surface area contributed by atoms with Gasteiger partial charge in [0.15, 0.2) is 0 Å². The Labute approximate surface area is 120 Å². The Bertz CT molecular complexity index is 337. The topological polar surface area (TPSA) is 15.3 Å². The van der Waals surface area contributed by atoms with Crippen LogP contribution in [0.5, 0.6) is 0 Å². The Kier molecular flexibility index (Phi) is 8.05. The number of rotatable bonds is 7. The van der Waals surface area contributed by atoms with Crippen LogP contribution in [0.2, 0.25) is 0 Å². The summed E-state index contributed by atoms with van der Waals surface area (Å²) in [5.74, 6) is 1.06. The van der Waals surface area contributed by atoms with Crippen LogP contribution in [0.3, 0.4) is 0 Å². The van der Waals surface area contributed by atoms with Gasteiger partial charge in [-0.15, -0.1) is 0 Å². The van der Waals surface area contributed by atoms with E-state index in [-0.39, 0.29) is 0 Å². The summed E-state index contributed by atoms with van der Waals surface area (Å²) in [5, 5.41) is 3.28. The molecule has 1 N–H and O–H groups in total. The third-order valence-corrected chi connectivity index (χ3v) is 4.11. The van der Waals surface area contributed by atoms with Gasteiger partial charge in [0.1, 0.15) is 4.32 Å². The zero-order chi connectivity index (χ0) is 13.2. The maximum Gasteiger partial charge on any atom is 0.134 e. The van der Waals surface area contributed by atoms with Crippen molar-refractivity contribution in [2.45, 2.75) is 20.4 Å². The van der Waals surface area contributed by atoms with Crippen LogP contribution in [0.15, 0.2) is 30.3 Å². The molecule has 100 valence electrons. The number of hydrogen-bond donors (Lipinski definition) is 1. The van der Waals surface area contributed by atoms with E-state index < -0.39 is 0 Å². The van der Waals surface area contributed by atoms with Crippen molar-refractivity contribution in [1.82, 2.24) is 10.2 Å². The van der Waals surface area contributed by atoms with Crippen LogP contribution < -0.4 is 5.32 Å². The zero-order valence-electron chi connectivity index (χ0n) is 11.2. The van der Waals surface area contributed by atoms with Crippen molar-refractivity contribution in [2.24, 2.45) is 0 Å². The van der Waals surface area contributed by atoms with E-state index in [2.05, 4.69) is 36.2 Å². The molecule has 0 bridgehead atoms. The summed E-state index contributed by atoms with van der Waals surface area (Å²) < 4.78 is 0.894. The fourth-order valence-electron chi connectivity index (χ4n) is 1.63. The first-order valence-corrected chi connectivity index (χ1v) is 7.82. The lowest BCUT2D eigenvalue weighted by Gasteiger charge is -2.17. The number of thioether (sulfide) groups is 1. The van der Waals surface area contributed by atoms with E-state index in [1.165, 1.54) is 5.56 Å². The van der Waals surface area contributed by atoms with Crippen LogP contribution in [0, 0.1) is 0 Å². The second kappa shape index (κ2) is 9.36. The Morgan fingerprint density at radius 2 is 1.89 bits per heavy atom. The van der Waals surface area contributed by atoms with Gasteiger partial charge in [0.2, 0.25) is 0 Å². The lowest BCUT2D eigenvalue weighted by Crippen LogP contribution is -2.26. The molecule has 4 heteroatoms. The first-order chi connectivity index (χ1) is 8.76. The van der Waals surface area contributed by atoms with Gasteiger partial charge in [0, 0.05) is 18.8 Å². The molecule has 1 aromatic rings. The molecule has 0 heterocycles. The summed E-state index contributed by atoms with van der Waals surface area (Å²) in [6.45, 7) is 8.53. The molecule has 1 rings (SSSR count). The molecule has 0 atom stereocenters. The van der Waals surface area contributed by atoms with Crippen molar-refractivity contribution in [3.05, 3.63) is 35.9 Å². The summed E-state index contributed by atoms with van der Waals surface area (Å²) in [6.07, 6.45) is 0. The summed E-state index contributed by atoms with van der Waals surface area (Å²) in [5.41, 5.74) is 1.27. The predicted octanol–water partition coefficient (Wildman–Crippen LogP) is 3.14. The van der Waals surface area contributed by atoms with Gasteiger partial charge in [-0.05, 0) is 18.7 Å². The van der Waals surface area contributed by atoms with Gasteiger partial charge in [-0.2, -0.15) is 0 Å². The second-order valence-electron chi connectivity index (χ2n) is 4.00. The molecule has 0 aliphatic heterocycles. The highest BCUT2D eigenvalue weighted by Gasteiger charge is 2.01. The number of benzene rings is 1. The Hall–Kier alpha value is -0.580. The molecule has 0 amide bonds. The molecule has 0 aliphatic carbocycles. The van der Waals surface area contributed by atoms with E-state index in [0.717, 1.165) is 36.3 Å². The average molecular weight is 282 g/mol. The fraction of sp³-hybridized carbons (Fsp3) is 0.500. The molecule has 0 spiro atoms. The van der Waals surface area contributed by atoms with Crippen LogP contribution in [0.4, 0.5) is 0 Å². The van der Waals surface area contributed by atoms with Crippen molar-refractivity contribution < 1.29 is 0 Å². The number of hydrogen-bond acceptors (Lipinski definition) is 3. The van der Waals surface area contributed by atoms with Crippen molar-refractivity contribution in [3.8, 4) is 0 Å². The van der Waals surface area contributed by atoms with E-state index in [0.29, 0.717) is 0 Å². The molecular formula is C14H22N2S2. The lowest BCUT2D eigenvalue weighted by atomic mass is 10.2. The summed E-state index contributed by atoms with van der Waals surface area (Å²) in [6, 6.07) is 10.3. The molecule has 18 heavy (non-hydrogen) atoms. The molecule has 0 radical (unpaired) electrons. The quantitative estimate of drug-likeness (QED) is 0.773. The van der Waals surface area contributed by atoms with Crippen LogP contribution in [0.1, 0.15) is 19.4 Å². The minimum atomic E-state index is 0.817. The van der Waals surface area contributed by atoms with E-state index in [9.17, 15) is 0 Å². The van der Waals surface area contributed by atoms with E-state index in [1.54, 1.807) is 11.8 Å². The number of nitrogens with zero attached hydrogens (tertiary/aromatic N) is 1. The fourth-order valence-corrected chi connectivity index (χ4v) is 2.66. The normalized spacial score (nSPS) is 10.6. The molecule has 2 nitrogen and oxygen atoms in total. The first-order valence-electron chi connectivity index (χ1n) is 6.43. The van der Waals surface area contributed by atoms with Crippen LogP contribution in [-0.2, 0) is 6.54 Å². The Balaban J connectivity index is 2.14. The molecule has 0 aliphatic rings. The maximum atomic E-state index is 5.31.